The molecule has 0 spiro atoms. The Balaban J connectivity index is 2.15. The fraction of sp³-hybridized carbons (Fsp3) is 0.667. The summed E-state index contributed by atoms with van der Waals surface area (Å²) in [6.07, 6.45) is 3.56. The van der Waals surface area contributed by atoms with Gasteiger partial charge in [0.2, 0.25) is 0 Å². The Bertz CT molecular complexity index is 334. The van der Waals surface area contributed by atoms with Gasteiger partial charge in [0, 0.05) is 13.1 Å². The summed E-state index contributed by atoms with van der Waals surface area (Å²) in [6.45, 7) is 1.80. The number of nitrogen functional groups attached to an aromatic ring is 1. The van der Waals surface area contributed by atoms with E-state index >= 15 is 0 Å². The molecule has 0 saturated carbocycles. The lowest BCUT2D eigenvalue weighted by molar-refractivity contribution is 0.145. The van der Waals surface area contributed by atoms with Gasteiger partial charge in [0.05, 0.1) is 11.0 Å². The minimum atomic E-state index is -0.135. The molecule has 0 atom stereocenters. The van der Waals surface area contributed by atoms with Gasteiger partial charge < -0.3 is 15.7 Å². The average Bonchev–Trinajstić information content (AvgIpc) is 2.61. The smallest absolute Gasteiger partial charge is 0.153 e. The third-order valence-electron chi connectivity index (χ3n) is 2.61. The van der Waals surface area contributed by atoms with Gasteiger partial charge in [0.15, 0.2) is 5.82 Å². The molecule has 1 aromatic heterocycles. The lowest BCUT2D eigenvalue weighted by Crippen LogP contribution is -2.35. The SMILES string of the molecule is CSc1c(N)nsc1N1CCC(O)CC1. The maximum atomic E-state index is 9.44. The van der Waals surface area contributed by atoms with Crippen molar-refractivity contribution in [3.63, 3.8) is 0 Å². The van der Waals surface area contributed by atoms with Crippen LogP contribution in [-0.4, -0.2) is 34.9 Å². The van der Waals surface area contributed by atoms with Crippen LogP contribution in [0.15, 0.2) is 4.90 Å². The quantitative estimate of drug-likeness (QED) is 0.771. The Hall–Kier alpha value is -0.460. The predicted molar refractivity (Wildman–Crippen MR) is 65.8 cm³/mol. The molecule has 0 aromatic carbocycles. The van der Waals surface area contributed by atoms with Gasteiger partial charge in [-0.2, -0.15) is 4.37 Å². The molecule has 0 amide bonds. The first-order chi connectivity index (χ1) is 7.22. The van der Waals surface area contributed by atoms with Crippen molar-refractivity contribution in [2.24, 2.45) is 0 Å². The van der Waals surface area contributed by atoms with E-state index in [9.17, 15) is 5.11 Å². The molecule has 1 saturated heterocycles. The van der Waals surface area contributed by atoms with Crippen LogP contribution in [0.3, 0.4) is 0 Å². The van der Waals surface area contributed by atoms with Gasteiger partial charge in [-0.3, -0.25) is 0 Å². The minimum absolute atomic E-state index is 0.135. The van der Waals surface area contributed by atoms with Gasteiger partial charge in [-0.1, -0.05) is 0 Å². The Morgan fingerprint density at radius 2 is 2.20 bits per heavy atom. The molecule has 2 rings (SSSR count). The van der Waals surface area contributed by atoms with Gasteiger partial charge >= 0.3 is 0 Å². The van der Waals surface area contributed by atoms with Crippen molar-refractivity contribution in [3.05, 3.63) is 0 Å². The molecule has 0 bridgehead atoms. The van der Waals surface area contributed by atoms with Crippen molar-refractivity contribution in [1.29, 1.82) is 0 Å². The summed E-state index contributed by atoms with van der Waals surface area (Å²) in [6, 6.07) is 0. The third kappa shape index (κ3) is 2.21. The molecular weight excluding hydrogens is 230 g/mol. The van der Waals surface area contributed by atoms with Crippen molar-refractivity contribution in [3.8, 4) is 0 Å². The summed E-state index contributed by atoms with van der Waals surface area (Å²) in [5, 5.41) is 10.6. The van der Waals surface area contributed by atoms with E-state index in [1.54, 1.807) is 11.8 Å². The Morgan fingerprint density at radius 1 is 1.53 bits per heavy atom. The van der Waals surface area contributed by atoms with E-state index in [-0.39, 0.29) is 6.10 Å². The lowest BCUT2D eigenvalue weighted by Gasteiger charge is -2.30. The summed E-state index contributed by atoms with van der Waals surface area (Å²) in [4.78, 5) is 3.35. The number of aromatic nitrogens is 1. The van der Waals surface area contributed by atoms with E-state index in [0.717, 1.165) is 35.8 Å². The number of piperidine rings is 1. The Kier molecular flexibility index (Phi) is 3.38. The number of thioether (sulfide) groups is 1. The van der Waals surface area contributed by atoms with Gasteiger partial charge in [-0.15, -0.1) is 11.8 Å². The van der Waals surface area contributed by atoms with E-state index in [1.807, 2.05) is 6.26 Å². The first-order valence-corrected chi connectivity index (χ1v) is 6.94. The molecule has 1 aliphatic rings. The number of anilines is 2. The highest BCUT2D eigenvalue weighted by Crippen LogP contribution is 2.38. The Labute approximate surface area is 97.6 Å². The third-order valence-corrected chi connectivity index (χ3v) is 4.48. The van der Waals surface area contributed by atoms with Gasteiger partial charge in [-0.05, 0) is 30.6 Å². The van der Waals surface area contributed by atoms with Crippen LogP contribution in [0.5, 0.6) is 0 Å². The second kappa shape index (κ2) is 4.59. The second-order valence-corrected chi connectivity index (χ2v) is 5.19. The number of nitrogens with two attached hydrogens (primary N) is 1. The number of hydrogen-bond acceptors (Lipinski definition) is 6. The van der Waals surface area contributed by atoms with E-state index < -0.39 is 0 Å². The summed E-state index contributed by atoms with van der Waals surface area (Å²) >= 11 is 3.10. The number of aliphatic hydroxyl groups excluding tert-OH is 1. The van der Waals surface area contributed by atoms with E-state index in [0.29, 0.717) is 5.82 Å². The molecule has 0 radical (unpaired) electrons. The molecule has 3 N–H and O–H groups in total. The minimum Gasteiger partial charge on any atom is -0.393 e. The van der Waals surface area contributed by atoms with Gasteiger partial charge in [-0.25, -0.2) is 0 Å². The monoisotopic (exact) mass is 245 g/mol. The van der Waals surface area contributed by atoms with Crippen LogP contribution in [0.2, 0.25) is 0 Å². The normalized spacial score (nSPS) is 18.4. The second-order valence-electron chi connectivity index (χ2n) is 3.62. The van der Waals surface area contributed by atoms with Crippen LogP contribution in [0, 0.1) is 0 Å². The highest BCUT2D eigenvalue weighted by Gasteiger charge is 2.22. The number of rotatable bonds is 2. The molecule has 1 aliphatic heterocycles. The molecule has 1 aromatic rings. The molecule has 1 fully saturated rings. The molecule has 2 heterocycles. The summed E-state index contributed by atoms with van der Waals surface area (Å²) in [7, 11) is 0. The Morgan fingerprint density at radius 3 is 2.80 bits per heavy atom. The van der Waals surface area contributed by atoms with Crippen LogP contribution in [0.1, 0.15) is 12.8 Å². The van der Waals surface area contributed by atoms with Crippen LogP contribution in [0.25, 0.3) is 0 Å². The van der Waals surface area contributed by atoms with Crippen LogP contribution in [-0.2, 0) is 0 Å². The highest BCUT2D eigenvalue weighted by molar-refractivity contribution is 7.99. The van der Waals surface area contributed by atoms with Crippen molar-refractivity contribution >= 4 is 34.1 Å². The highest BCUT2D eigenvalue weighted by atomic mass is 32.2. The maximum Gasteiger partial charge on any atom is 0.153 e. The molecule has 84 valence electrons. The zero-order valence-electron chi connectivity index (χ0n) is 8.64. The summed E-state index contributed by atoms with van der Waals surface area (Å²) < 4.78 is 4.18. The molecule has 6 heteroatoms. The number of nitrogens with zero attached hydrogens (tertiary/aromatic N) is 2. The first kappa shape index (κ1) is 11.0. The molecule has 0 unspecified atom stereocenters. The van der Waals surface area contributed by atoms with Crippen LogP contribution in [0.4, 0.5) is 10.8 Å². The molecule has 0 aliphatic carbocycles. The fourth-order valence-electron chi connectivity index (χ4n) is 1.75. The van der Waals surface area contributed by atoms with Crippen molar-refractivity contribution in [2.75, 3.05) is 30.0 Å². The van der Waals surface area contributed by atoms with Crippen molar-refractivity contribution in [2.45, 2.75) is 23.8 Å². The summed E-state index contributed by atoms with van der Waals surface area (Å²) in [5.41, 5.74) is 5.79. The zero-order chi connectivity index (χ0) is 10.8. The maximum absolute atomic E-state index is 9.44. The van der Waals surface area contributed by atoms with Gasteiger partial charge in [0.25, 0.3) is 0 Å². The van der Waals surface area contributed by atoms with Gasteiger partial charge in [0.1, 0.15) is 5.00 Å². The largest absolute Gasteiger partial charge is 0.393 e. The zero-order valence-corrected chi connectivity index (χ0v) is 10.3. The van der Waals surface area contributed by atoms with Crippen LogP contribution < -0.4 is 10.6 Å². The molecular formula is C9H15N3OS2. The fourth-order valence-corrected chi connectivity index (χ4v) is 3.49. The molecule has 15 heavy (non-hydrogen) atoms. The lowest BCUT2D eigenvalue weighted by atomic mass is 10.1. The van der Waals surface area contributed by atoms with Crippen LogP contribution >= 0.6 is 23.3 Å². The van der Waals surface area contributed by atoms with E-state index in [4.69, 9.17) is 5.73 Å². The summed E-state index contributed by atoms with van der Waals surface area (Å²) in [5.74, 6) is 0.633. The van der Waals surface area contributed by atoms with Crippen molar-refractivity contribution < 1.29 is 5.11 Å². The molecule has 4 nitrogen and oxygen atoms in total. The number of hydrogen-bond donors (Lipinski definition) is 2. The first-order valence-electron chi connectivity index (χ1n) is 4.94. The topological polar surface area (TPSA) is 62.4 Å². The van der Waals surface area contributed by atoms with Crippen molar-refractivity contribution in [1.82, 2.24) is 4.37 Å². The average molecular weight is 245 g/mol. The predicted octanol–water partition coefficient (Wildman–Crippen LogP) is 1.41. The van der Waals surface area contributed by atoms with E-state index in [1.165, 1.54) is 11.5 Å². The number of aliphatic hydroxyl groups is 1. The van der Waals surface area contributed by atoms with E-state index in [2.05, 4.69) is 9.27 Å². The standard InChI is InChI=1S/C9H15N3OS2/c1-14-7-8(10)11-15-9(7)12-4-2-6(13)3-5-12/h6,13H,2-5H2,1H3,(H2,10,11).